The van der Waals surface area contributed by atoms with E-state index in [2.05, 4.69) is 5.32 Å². The van der Waals surface area contributed by atoms with E-state index in [0.29, 0.717) is 4.88 Å². The first-order valence-electron chi connectivity index (χ1n) is 6.94. The van der Waals surface area contributed by atoms with Crippen LogP contribution in [-0.2, 0) is 0 Å². The molecule has 2 aromatic rings. The lowest BCUT2D eigenvalue weighted by atomic mass is 10.1. The first kappa shape index (κ1) is 16.4. The number of hydrogen-bond donors (Lipinski definition) is 2. The van der Waals surface area contributed by atoms with E-state index >= 15 is 0 Å². The maximum absolute atomic E-state index is 12.4. The normalized spacial score (nSPS) is 12.6. The summed E-state index contributed by atoms with van der Waals surface area (Å²) >= 11 is 1.30. The number of carbonyl (C=O) groups is 1. The molecule has 1 amide bonds. The summed E-state index contributed by atoms with van der Waals surface area (Å²) in [5.74, 6) is -0.140. The van der Waals surface area contributed by atoms with E-state index in [0.717, 1.165) is 15.6 Å². The number of hydrogen-bond acceptors (Lipinski definition) is 5. The van der Waals surface area contributed by atoms with Crippen LogP contribution in [0.3, 0.4) is 0 Å². The molecule has 0 saturated carbocycles. The van der Waals surface area contributed by atoms with E-state index in [1.807, 2.05) is 13.8 Å². The molecule has 0 fully saturated rings. The van der Waals surface area contributed by atoms with E-state index in [1.54, 1.807) is 13.0 Å². The van der Waals surface area contributed by atoms with Crippen molar-refractivity contribution in [3.8, 4) is 0 Å². The van der Waals surface area contributed by atoms with Gasteiger partial charge in [0.05, 0.1) is 22.4 Å². The number of rotatable bonds is 5. The van der Waals surface area contributed by atoms with Gasteiger partial charge in [0.15, 0.2) is 0 Å². The van der Waals surface area contributed by atoms with Crippen molar-refractivity contribution in [3.63, 3.8) is 0 Å². The summed E-state index contributed by atoms with van der Waals surface area (Å²) < 4.78 is 0.832. The second-order valence-corrected chi connectivity index (χ2v) is 6.55. The number of aliphatic hydroxyl groups is 1. The summed E-state index contributed by atoms with van der Waals surface area (Å²) in [6, 6.07) is 4.27. The molecule has 2 rings (SSSR count). The van der Waals surface area contributed by atoms with Gasteiger partial charge in [-0.05, 0) is 24.5 Å². The molecular formula is C15H18N2O4S. The SMILES string of the molecule is Cc1c(C(=O)N[C@H](CO)C(C)C)sc2ccc([N+](=O)[O-])cc12. The maximum Gasteiger partial charge on any atom is 0.270 e. The van der Waals surface area contributed by atoms with Crippen molar-refractivity contribution in [2.45, 2.75) is 26.8 Å². The third-order valence-electron chi connectivity index (χ3n) is 3.65. The molecule has 0 saturated heterocycles. The van der Waals surface area contributed by atoms with Crippen LogP contribution in [0.5, 0.6) is 0 Å². The number of aryl methyl sites for hydroxylation is 1. The fourth-order valence-electron chi connectivity index (χ4n) is 2.20. The van der Waals surface area contributed by atoms with Crippen LogP contribution in [0, 0.1) is 23.0 Å². The van der Waals surface area contributed by atoms with Crippen molar-refractivity contribution in [3.05, 3.63) is 38.8 Å². The van der Waals surface area contributed by atoms with Crippen molar-refractivity contribution in [2.75, 3.05) is 6.61 Å². The zero-order chi connectivity index (χ0) is 16.4. The summed E-state index contributed by atoms with van der Waals surface area (Å²) in [6.07, 6.45) is 0. The van der Waals surface area contributed by atoms with Gasteiger partial charge in [-0.15, -0.1) is 11.3 Å². The van der Waals surface area contributed by atoms with Gasteiger partial charge in [0.1, 0.15) is 0 Å². The van der Waals surface area contributed by atoms with Gasteiger partial charge in [-0.25, -0.2) is 0 Å². The lowest BCUT2D eigenvalue weighted by Gasteiger charge is -2.19. The third kappa shape index (κ3) is 3.10. The summed E-state index contributed by atoms with van der Waals surface area (Å²) in [7, 11) is 0. The number of aliphatic hydroxyl groups excluding tert-OH is 1. The summed E-state index contributed by atoms with van der Waals surface area (Å²) in [6.45, 7) is 5.49. The first-order chi connectivity index (χ1) is 10.3. The van der Waals surface area contributed by atoms with Crippen molar-refractivity contribution in [1.82, 2.24) is 5.32 Å². The molecule has 1 atom stereocenters. The monoisotopic (exact) mass is 322 g/mol. The molecular weight excluding hydrogens is 304 g/mol. The number of fused-ring (bicyclic) bond motifs is 1. The van der Waals surface area contributed by atoms with Crippen LogP contribution in [0.1, 0.15) is 29.1 Å². The molecule has 22 heavy (non-hydrogen) atoms. The maximum atomic E-state index is 12.4. The molecule has 1 aromatic heterocycles. The minimum atomic E-state index is -0.448. The van der Waals surface area contributed by atoms with Crippen LogP contribution in [0.2, 0.25) is 0 Å². The highest BCUT2D eigenvalue weighted by atomic mass is 32.1. The number of carbonyl (C=O) groups excluding carboxylic acids is 1. The van der Waals surface area contributed by atoms with Crippen LogP contribution >= 0.6 is 11.3 Å². The van der Waals surface area contributed by atoms with Crippen LogP contribution < -0.4 is 5.32 Å². The number of nitrogens with zero attached hydrogens (tertiary/aromatic N) is 1. The van der Waals surface area contributed by atoms with Crippen LogP contribution in [0.25, 0.3) is 10.1 Å². The highest BCUT2D eigenvalue weighted by Gasteiger charge is 2.21. The Bertz CT molecular complexity index is 724. The quantitative estimate of drug-likeness (QED) is 0.654. The Hall–Kier alpha value is -1.99. The minimum absolute atomic E-state index is 0.00998. The number of thiophene rings is 1. The Kier molecular flexibility index (Phi) is 4.77. The Morgan fingerprint density at radius 1 is 1.45 bits per heavy atom. The van der Waals surface area contributed by atoms with Gasteiger partial charge in [-0.3, -0.25) is 14.9 Å². The average molecular weight is 322 g/mol. The zero-order valence-electron chi connectivity index (χ0n) is 12.6. The molecule has 0 bridgehead atoms. The van der Waals surface area contributed by atoms with Gasteiger partial charge in [-0.2, -0.15) is 0 Å². The molecule has 0 radical (unpaired) electrons. The van der Waals surface area contributed by atoms with Crippen molar-refractivity contribution in [1.29, 1.82) is 0 Å². The molecule has 1 aromatic carbocycles. The standard InChI is InChI=1S/C15H18N2O4S/c1-8(2)12(7-18)16-15(19)14-9(3)11-6-10(17(20)21)4-5-13(11)22-14/h4-6,8,12,18H,7H2,1-3H3,(H,16,19)/t12-/m1/s1. The van der Waals surface area contributed by atoms with Crippen LogP contribution in [0.4, 0.5) is 5.69 Å². The molecule has 118 valence electrons. The van der Waals surface area contributed by atoms with Crippen LogP contribution in [-0.4, -0.2) is 28.6 Å². The average Bonchev–Trinajstić information content (AvgIpc) is 2.81. The number of nitro benzene ring substituents is 1. The third-order valence-corrected chi connectivity index (χ3v) is 4.93. The van der Waals surface area contributed by atoms with E-state index in [-0.39, 0.29) is 30.2 Å². The number of amides is 1. The zero-order valence-corrected chi connectivity index (χ0v) is 13.4. The second kappa shape index (κ2) is 6.41. The van der Waals surface area contributed by atoms with Crippen LogP contribution in [0.15, 0.2) is 18.2 Å². The number of nitrogens with one attached hydrogen (secondary N) is 1. The van der Waals surface area contributed by atoms with Crippen molar-refractivity contribution in [2.24, 2.45) is 5.92 Å². The molecule has 0 spiro atoms. The van der Waals surface area contributed by atoms with Gasteiger partial charge in [-0.1, -0.05) is 13.8 Å². The topological polar surface area (TPSA) is 92.5 Å². The summed E-state index contributed by atoms with van der Waals surface area (Å²) in [4.78, 5) is 23.3. The fourth-order valence-corrected chi connectivity index (χ4v) is 3.29. The van der Waals surface area contributed by atoms with E-state index in [1.165, 1.54) is 23.5 Å². The smallest absolute Gasteiger partial charge is 0.270 e. The van der Waals surface area contributed by atoms with E-state index < -0.39 is 4.92 Å². The van der Waals surface area contributed by atoms with Gasteiger partial charge >= 0.3 is 0 Å². The molecule has 0 unspecified atom stereocenters. The highest BCUT2D eigenvalue weighted by molar-refractivity contribution is 7.21. The second-order valence-electron chi connectivity index (χ2n) is 5.50. The molecule has 0 aliphatic rings. The largest absolute Gasteiger partial charge is 0.394 e. The lowest BCUT2D eigenvalue weighted by Crippen LogP contribution is -2.41. The molecule has 2 N–H and O–H groups in total. The Morgan fingerprint density at radius 3 is 2.68 bits per heavy atom. The first-order valence-corrected chi connectivity index (χ1v) is 7.76. The Morgan fingerprint density at radius 2 is 2.14 bits per heavy atom. The lowest BCUT2D eigenvalue weighted by molar-refractivity contribution is -0.384. The summed E-state index contributed by atoms with van der Waals surface area (Å²) in [5.41, 5.74) is 0.734. The fraction of sp³-hybridized carbons (Fsp3) is 0.400. The number of nitro groups is 1. The molecule has 0 aliphatic carbocycles. The Labute approximate surface area is 131 Å². The number of benzene rings is 1. The van der Waals surface area contributed by atoms with Gasteiger partial charge in [0, 0.05) is 22.2 Å². The predicted octanol–water partition coefficient (Wildman–Crippen LogP) is 2.86. The predicted molar refractivity (Wildman–Crippen MR) is 86.4 cm³/mol. The van der Waals surface area contributed by atoms with Crippen molar-refractivity contribution >= 4 is 33.0 Å². The molecule has 6 nitrogen and oxygen atoms in total. The molecule has 1 heterocycles. The van der Waals surface area contributed by atoms with Gasteiger partial charge in [0.2, 0.25) is 0 Å². The van der Waals surface area contributed by atoms with E-state index in [9.17, 15) is 20.0 Å². The van der Waals surface area contributed by atoms with E-state index in [4.69, 9.17) is 0 Å². The highest BCUT2D eigenvalue weighted by Crippen LogP contribution is 2.33. The number of non-ortho nitro benzene ring substituents is 1. The Balaban J connectivity index is 2.37. The minimum Gasteiger partial charge on any atom is -0.394 e. The van der Waals surface area contributed by atoms with Crippen molar-refractivity contribution < 1.29 is 14.8 Å². The molecule has 7 heteroatoms. The van der Waals surface area contributed by atoms with Gasteiger partial charge < -0.3 is 10.4 Å². The van der Waals surface area contributed by atoms with Gasteiger partial charge in [0.25, 0.3) is 11.6 Å². The molecule has 0 aliphatic heterocycles. The summed E-state index contributed by atoms with van der Waals surface area (Å²) in [5, 5.41) is 23.7.